The maximum Gasteiger partial charge on any atom is 0.326 e. The first-order chi connectivity index (χ1) is 11.9. The molecule has 1 fully saturated rings. The number of carbonyl (C=O) groups excluding carboxylic acids is 2. The number of aromatic amines is 1. The average Bonchev–Trinajstić information content (AvgIpc) is 3.24. The van der Waals surface area contributed by atoms with Crippen LogP contribution in [0.3, 0.4) is 0 Å². The first-order valence-corrected chi connectivity index (χ1v) is 8.42. The van der Waals surface area contributed by atoms with Crippen molar-refractivity contribution in [3.05, 3.63) is 18.2 Å². The Labute approximate surface area is 146 Å². The number of nitrogens with one attached hydrogen (secondary N) is 4. The number of amides is 2. The van der Waals surface area contributed by atoms with E-state index >= 15 is 0 Å². The van der Waals surface area contributed by atoms with Gasteiger partial charge in [0, 0.05) is 18.3 Å². The Kier molecular flexibility index (Phi) is 6.51. The average molecular weight is 351 g/mol. The number of hydrogen-bond donors (Lipinski definition) is 5. The molecule has 25 heavy (non-hydrogen) atoms. The third-order valence-electron chi connectivity index (χ3n) is 4.22. The number of aromatic nitrogens is 2. The van der Waals surface area contributed by atoms with Crippen molar-refractivity contribution < 1.29 is 19.5 Å². The van der Waals surface area contributed by atoms with Gasteiger partial charge in [-0.25, -0.2) is 9.78 Å². The van der Waals surface area contributed by atoms with Crippen LogP contribution in [0.25, 0.3) is 0 Å². The van der Waals surface area contributed by atoms with Crippen molar-refractivity contribution in [2.75, 3.05) is 6.54 Å². The van der Waals surface area contributed by atoms with Crippen LogP contribution in [0, 0.1) is 5.92 Å². The second-order valence-corrected chi connectivity index (χ2v) is 6.56. The summed E-state index contributed by atoms with van der Waals surface area (Å²) in [5.74, 6) is -2.05. The summed E-state index contributed by atoms with van der Waals surface area (Å²) in [6.07, 6.45) is 4.69. The van der Waals surface area contributed by atoms with Crippen molar-refractivity contribution in [1.82, 2.24) is 25.9 Å². The van der Waals surface area contributed by atoms with Crippen LogP contribution in [0.4, 0.5) is 0 Å². The summed E-state index contributed by atoms with van der Waals surface area (Å²) in [6.45, 7) is 4.39. The Morgan fingerprint density at radius 2 is 2.12 bits per heavy atom. The Morgan fingerprint density at radius 1 is 1.36 bits per heavy atom. The predicted octanol–water partition coefficient (Wildman–Crippen LogP) is -0.586. The molecule has 3 unspecified atom stereocenters. The van der Waals surface area contributed by atoms with Crippen molar-refractivity contribution >= 4 is 17.8 Å². The molecule has 5 N–H and O–H groups in total. The van der Waals surface area contributed by atoms with Gasteiger partial charge in [-0.15, -0.1) is 0 Å². The lowest BCUT2D eigenvalue weighted by molar-refractivity contribution is -0.142. The van der Waals surface area contributed by atoms with Crippen LogP contribution in [-0.4, -0.2) is 57.5 Å². The van der Waals surface area contributed by atoms with E-state index in [9.17, 15) is 19.5 Å². The summed E-state index contributed by atoms with van der Waals surface area (Å²) >= 11 is 0. The van der Waals surface area contributed by atoms with Gasteiger partial charge >= 0.3 is 5.97 Å². The highest BCUT2D eigenvalue weighted by Gasteiger charge is 2.31. The summed E-state index contributed by atoms with van der Waals surface area (Å²) in [7, 11) is 0. The van der Waals surface area contributed by atoms with Gasteiger partial charge in [-0.1, -0.05) is 13.8 Å². The zero-order valence-corrected chi connectivity index (χ0v) is 14.4. The summed E-state index contributed by atoms with van der Waals surface area (Å²) in [5, 5.41) is 17.7. The zero-order chi connectivity index (χ0) is 18.4. The number of carboxylic acid groups (broad SMARTS) is 1. The highest BCUT2D eigenvalue weighted by molar-refractivity contribution is 5.92. The third kappa shape index (κ3) is 5.28. The molecule has 138 valence electrons. The number of aliphatic carboxylic acids is 1. The van der Waals surface area contributed by atoms with Gasteiger partial charge < -0.3 is 26.0 Å². The molecule has 0 aromatic carbocycles. The molecule has 1 saturated heterocycles. The molecule has 0 radical (unpaired) electrons. The number of rotatable bonds is 8. The molecule has 0 bridgehead atoms. The third-order valence-corrected chi connectivity index (χ3v) is 4.22. The molecule has 2 rings (SSSR count). The van der Waals surface area contributed by atoms with Crippen LogP contribution < -0.4 is 16.0 Å². The maximum atomic E-state index is 12.5. The minimum absolute atomic E-state index is 0.0873. The van der Waals surface area contributed by atoms with E-state index in [4.69, 9.17) is 0 Å². The van der Waals surface area contributed by atoms with Crippen molar-refractivity contribution in [3.8, 4) is 0 Å². The van der Waals surface area contributed by atoms with Gasteiger partial charge in [-0.2, -0.15) is 0 Å². The van der Waals surface area contributed by atoms with E-state index in [1.54, 1.807) is 13.8 Å². The summed E-state index contributed by atoms with van der Waals surface area (Å²) < 4.78 is 0. The van der Waals surface area contributed by atoms with Crippen molar-refractivity contribution in [3.63, 3.8) is 0 Å². The first-order valence-electron chi connectivity index (χ1n) is 8.42. The van der Waals surface area contributed by atoms with Gasteiger partial charge in [0.1, 0.15) is 12.1 Å². The fourth-order valence-electron chi connectivity index (χ4n) is 2.77. The van der Waals surface area contributed by atoms with Crippen LogP contribution in [0.2, 0.25) is 0 Å². The molecule has 0 aliphatic carbocycles. The van der Waals surface area contributed by atoms with E-state index in [1.165, 1.54) is 12.5 Å². The highest BCUT2D eigenvalue weighted by atomic mass is 16.4. The minimum Gasteiger partial charge on any atom is -0.480 e. The molecule has 1 aromatic heterocycles. The van der Waals surface area contributed by atoms with E-state index in [-0.39, 0.29) is 24.3 Å². The lowest BCUT2D eigenvalue weighted by atomic mass is 10.0. The Balaban J connectivity index is 1.99. The fourth-order valence-corrected chi connectivity index (χ4v) is 2.77. The van der Waals surface area contributed by atoms with Crippen molar-refractivity contribution in [1.29, 1.82) is 0 Å². The van der Waals surface area contributed by atoms with Gasteiger partial charge in [0.25, 0.3) is 0 Å². The molecule has 1 aliphatic rings. The number of carbonyl (C=O) groups is 3. The highest BCUT2D eigenvalue weighted by Crippen LogP contribution is 2.09. The molecule has 3 atom stereocenters. The van der Waals surface area contributed by atoms with Crippen molar-refractivity contribution in [2.24, 2.45) is 5.92 Å². The van der Waals surface area contributed by atoms with Gasteiger partial charge in [-0.05, 0) is 25.3 Å². The van der Waals surface area contributed by atoms with E-state index in [1.807, 2.05) is 0 Å². The van der Waals surface area contributed by atoms with Crippen molar-refractivity contribution in [2.45, 2.75) is 51.2 Å². The lowest BCUT2D eigenvalue weighted by Gasteiger charge is -2.25. The zero-order valence-electron chi connectivity index (χ0n) is 14.4. The fraction of sp³-hybridized carbons (Fsp3) is 0.625. The normalized spacial score (nSPS) is 19.4. The van der Waals surface area contributed by atoms with Gasteiger partial charge in [0.15, 0.2) is 0 Å². The second-order valence-electron chi connectivity index (χ2n) is 6.56. The number of imidazole rings is 1. The lowest BCUT2D eigenvalue weighted by Crippen LogP contribution is -2.56. The Hall–Kier alpha value is -2.42. The Bertz CT molecular complexity index is 596. The van der Waals surface area contributed by atoms with E-state index < -0.39 is 24.0 Å². The predicted molar refractivity (Wildman–Crippen MR) is 89.7 cm³/mol. The van der Waals surface area contributed by atoms with Gasteiger partial charge in [-0.3, -0.25) is 9.59 Å². The maximum absolute atomic E-state index is 12.5. The molecule has 1 aromatic rings. The molecule has 0 saturated carbocycles. The summed E-state index contributed by atoms with van der Waals surface area (Å²) in [6, 6.07) is -2.19. The van der Waals surface area contributed by atoms with Crippen LogP contribution in [0.5, 0.6) is 0 Å². The monoisotopic (exact) mass is 351 g/mol. The topological polar surface area (TPSA) is 136 Å². The number of carboxylic acids is 1. The molecular formula is C16H25N5O4. The van der Waals surface area contributed by atoms with Crippen LogP contribution in [-0.2, 0) is 20.8 Å². The standard InChI is InChI=1S/C16H25N5O4/c1-9(2)13(21-14(22)11-4-3-5-18-11)15(23)20-12(16(24)25)6-10-7-17-8-19-10/h7-9,11-13,18H,3-6H2,1-2H3,(H,17,19)(H,20,23)(H,21,22)(H,24,25). The van der Waals surface area contributed by atoms with E-state index in [2.05, 4.69) is 25.9 Å². The molecule has 9 nitrogen and oxygen atoms in total. The smallest absolute Gasteiger partial charge is 0.326 e. The van der Waals surface area contributed by atoms with Crippen LogP contribution >= 0.6 is 0 Å². The summed E-state index contributed by atoms with van der Waals surface area (Å²) in [4.78, 5) is 42.9. The van der Waals surface area contributed by atoms with Crippen LogP contribution in [0.15, 0.2) is 12.5 Å². The molecule has 2 heterocycles. The van der Waals surface area contributed by atoms with E-state index in [0.29, 0.717) is 5.69 Å². The SMILES string of the molecule is CC(C)C(NC(=O)C1CCCN1)C(=O)NC(Cc1cnc[nH]1)C(=O)O. The van der Waals surface area contributed by atoms with Crippen LogP contribution in [0.1, 0.15) is 32.4 Å². The van der Waals surface area contributed by atoms with Gasteiger partial charge in [0.05, 0.1) is 12.4 Å². The number of hydrogen-bond acceptors (Lipinski definition) is 5. The van der Waals surface area contributed by atoms with E-state index in [0.717, 1.165) is 19.4 Å². The molecular weight excluding hydrogens is 326 g/mol. The summed E-state index contributed by atoms with van der Waals surface area (Å²) in [5.41, 5.74) is 0.605. The first kappa shape index (κ1) is 18.9. The second kappa shape index (κ2) is 8.61. The molecule has 1 aliphatic heterocycles. The Morgan fingerprint density at radius 3 is 2.64 bits per heavy atom. The number of H-pyrrole nitrogens is 1. The molecule has 0 spiro atoms. The largest absolute Gasteiger partial charge is 0.480 e. The van der Waals surface area contributed by atoms with Gasteiger partial charge in [0.2, 0.25) is 11.8 Å². The minimum atomic E-state index is -1.14. The molecule has 9 heteroatoms. The number of nitrogens with zero attached hydrogens (tertiary/aromatic N) is 1. The molecule has 2 amide bonds. The quantitative estimate of drug-likeness (QED) is 0.425.